The summed E-state index contributed by atoms with van der Waals surface area (Å²) in [5.74, 6) is 0.838. The predicted molar refractivity (Wildman–Crippen MR) is 138 cm³/mol. The number of carbonyl (C=O) groups is 1. The minimum absolute atomic E-state index is 0.181. The molecule has 9 heteroatoms. The van der Waals surface area contributed by atoms with Crippen molar-refractivity contribution in [3.8, 4) is 11.5 Å². The van der Waals surface area contributed by atoms with Gasteiger partial charge in [-0.25, -0.2) is 9.79 Å². The van der Waals surface area contributed by atoms with Crippen molar-refractivity contribution < 1.29 is 19.0 Å². The quantitative estimate of drug-likeness (QED) is 0.378. The molecule has 0 saturated heterocycles. The first-order valence-corrected chi connectivity index (χ1v) is 13.0. The van der Waals surface area contributed by atoms with Crippen molar-refractivity contribution in [1.29, 1.82) is 0 Å². The van der Waals surface area contributed by atoms with Crippen molar-refractivity contribution in [2.45, 2.75) is 13.0 Å². The molecule has 2 aliphatic rings. The summed E-state index contributed by atoms with van der Waals surface area (Å²) in [5.41, 5.74) is 2.25. The number of carbonyl (C=O) groups excluding carboxylic acids is 1. The molecule has 4 heterocycles. The summed E-state index contributed by atoms with van der Waals surface area (Å²) in [6.07, 6.45) is 1.81. The van der Waals surface area contributed by atoms with Crippen LogP contribution < -0.4 is 24.4 Å². The van der Waals surface area contributed by atoms with E-state index in [1.54, 1.807) is 11.5 Å². The van der Waals surface area contributed by atoms with Crippen LogP contribution in [0.25, 0.3) is 11.8 Å². The first-order valence-electron chi connectivity index (χ1n) is 11.4. The third-order valence-corrected chi connectivity index (χ3v) is 7.79. The highest BCUT2D eigenvalue weighted by atomic mass is 32.1. The van der Waals surface area contributed by atoms with Crippen molar-refractivity contribution in [3.05, 3.63) is 107 Å². The highest BCUT2D eigenvalue weighted by Crippen LogP contribution is 2.37. The number of esters is 1. The van der Waals surface area contributed by atoms with Crippen LogP contribution in [0.4, 0.5) is 0 Å². The van der Waals surface area contributed by atoms with Gasteiger partial charge < -0.3 is 14.2 Å². The first kappa shape index (κ1) is 22.5. The predicted octanol–water partition coefficient (Wildman–Crippen LogP) is 3.73. The Bertz CT molecular complexity index is 1670. The van der Waals surface area contributed by atoms with E-state index >= 15 is 0 Å². The monoisotopic (exact) mass is 516 g/mol. The highest BCUT2D eigenvalue weighted by Gasteiger charge is 2.35. The van der Waals surface area contributed by atoms with Crippen molar-refractivity contribution in [1.82, 2.24) is 4.57 Å². The highest BCUT2D eigenvalue weighted by molar-refractivity contribution is 7.10. The fourth-order valence-electron chi connectivity index (χ4n) is 4.31. The Hall–Kier alpha value is -3.95. The van der Waals surface area contributed by atoms with Crippen molar-refractivity contribution in [2.75, 3.05) is 13.4 Å². The summed E-state index contributed by atoms with van der Waals surface area (Å²) in [4.78, 5) is 33.3. The van der Waals surface area contributed by atoms with E-state index in [4.69, 9.17) is 19.2 Å². The van der Waals surface area contributed by atoms with Crippen molar-refractivity contribution in [3.63, 3.8) is 0 Å². The maximum absolute atomic E-state index is 13.8. The molecule has 1 unspecified atom stereocenters. The maximum Gasteiger partial charge on any atom is 0.338 e. The van der Waals surface area contributed by atoms with E-state index in [1.165, 1.54) is 22.7 Å². The zero-order valence-electron chi connectivity index (χ0n) is 19.2. The van der Waals surface area contributed by atoms with Gasteiger partial charge in [-0.3, -0.25) is 9.36 Å². The molecule has 0 N–H and O–H groups in total. The van der Waals surface area contributed by atoms with Crippen LogP contribution in [-0.2, 0) is 9.53 Å². The van der Waals surface area contributed by atoms with E-state index in [1.807, 2.05) is 72.1 Å². The number of ether oxygens (including phenoxy) is 3. The second-order valence-electron chi connectivity index (χ2n) is 8.06. The van der Waals surface area contributed by atoms with Gasteiger partial charge in [-0.1, -0.05) is 53.8 Å². The molecule has 2 aromatic heterocycles. The van der Waals surface area contributed by atoms with Gasteiger partial charge in [0.2, 0.25) is 6.79 Å². The largest absolute Gasteiger partial charge is 0.463 e. The van der Waals surface area contributed by atoms with E-state index in [2.05, 4.69) is 0 Å². The molecule has 0 spiro atoms. The molecule has 1 atom stereocenters. The topological polar surface area (TPSA) is 79.1 Å². The van der Waals surface area contributed by atoms with Gasteiger partial charge in [0.15, 0.2) is 16.3 Å². The Kier molecular flexibility index (Phi) is 5.79. The van der Waals surface area contributed by atoms with Crippen LogP contribution in [-0.4, -0.2) is 23.9 Å². The van der Waals surface area contributed by atoms with E-state index in [9.17, 15) is 9.59 Å². The smallest absolute Gasteiger partial charge is 0.338 e. The van der Waals surface area contributed by atoms with Crippen molar-refractivity contribution >= 4 is 40.4 Å². The fraction of sp³-hybridized carbons (Fsp3) is 0.148. The molecule has 0 amide bonds. The van der Waals surface area contributed by atoms with E-state index in [-0.39, 0.29) is 19.0 Å². The number of thiophene rings is 1. The van der Waals surface area contributed by atoms with E-state index in [0.717, 1.165) is 16.0 Å². The van der Waals surface area contributed by atoms with Crippen molar-refractivity contribution in [2.24, 2.45) is 4.99 Å². The summed E-state index contributed by atoms with van der Waals surface area (Å²) >= 11 is 2.78. The molecule has 0 radical (unpaired) electrons. The van der Waals surface area contributed by atoms with Crippen LogP contribution in [0.5, 0.6) is 11.5 Å². The minimum Gasteiger partial charge on any atom is -0.463 e. The second-order valence-corrected chi connectivity index (χ2v) is 10.0. The lowest BCUT2D eigenvalue weighted by atomic mass is 9.97. The molecule has 0 fully saturated rings. The number of aromatic nitrogens is 1. The summed E-state index contributed by atoms with van der Waals surface area (Å²) in [5, 5.41) is 1.93. The Labute approximate surface area is 213 Å². The van der Waals surface area contributed by atoms with Crippen LogP contribution in [0.2, 0.25) is 0 Å². The van der Waals surface area contributed by atoms with Gasteiger partial charge in [0, 0.05) is 10.4 Å². The van der Waals surface area contributed by atoms with E-state index in [0.29, 0.717) is 32.1 Å². The number of hydrogen-bond donors (Lipinski definition) is 0. The van der Waals surface area contributed by atoms with Crippen LogP contribution in [0.15, 0.2) is 81.4 Å². The molecule has 6 rings (SSSR count). The van der Waals surface area contributed by atoms with Gasteiger partial charge in [-0.05, 0) is 42.1 Å². The molecule has 7 nitrogen and oxygen atoms in total. The Balaban J connectivity index is 1.60. The molecular weight excluding hydrogens is 496 g/mol. The van der Waals surface area contributed by atoms with Gasteiger partial charge >= 0.3 is 5.97 Å². The number of benzene rings is 2. The average Bonchev–Trinajstić information content (AvgIpc) is 3.65. The molecule has 36 heavy (non-hydrogen) atoms. The molecule has 2 aliphatic heterocycles. The maximum atomic E-state index is 13.8. The third-order valence-electron chi connectivity index (χ3n) is 5.88. The lowest BCUT2D eigenvalue weighted by Gasteiger charge is -2.24. The summed E-state index contributed by atoms with van der Waals surface area (Å²) < 4.78 is 18.5. The first-order chi connectivity index (χ1) is 17.6. The molecule has 2 aromatic carbocycles. The van der Waals surface area contributed by atoms with Gasteiger partial charge in [0.05, 0.1) is 22.4 Å². The van der Waals surface area contributed by atoms with Gasteiger partial charge in [-0.2, -0.15) is 0 Å². The van der Waals surface area contributed by atoms with Crippen LogP contribution in [0, 0.1) is 0 Å². The molecule has 180 valence electrons. The van der Waals surface area contributed by atoms with Gasteiger partial charge in [-0.15, -0.1) is 11.3 Å². The van der Waals surface area contributed by atoms with E-state index < -0.39 is 12.0 Å². The number of fused-ring (bicyclic) bond motifs is 2. The Morgan fingerprint density at radius 2 is 1.97 bits per heavy atom. The van der Waals surface area contributed by atoms with Gasteiger partial charge in [0.25, 0.3) is 5.56 Å². The molecule has 0 saturated carbocycles. The average molecular weight is 517 g/mol. The Morgan fingerprint density at radius 1 is 1.14 bits per heavy atom. The molecular formula is C27H20N2O5S2. The van der Waals surface area contributed by atoms with Gasteiger partial charge in [0.1, 0.15) is 6.04 Å². The summed E-state index contributed by atoms with van der Waals surface area (Å²) in [6, 6.07) is 18.3. The van der Waals surface area contributed by atoms with Crippen LogP contribution >= 0.6 is 22.7 Å². The number of thiazole rings is 1. The minimum atomic E-state index is -0.644. The summed E-state index contributed by atoms with van der Waals surface area (Å²) in [6.45, 7) is 2.16. The Morgan fingerprint density at radius 3 is 2.75 bits per heavy atom. The normalized spacial score (nSPS) is 16.6. The molecule has 0 aliphatic carbocycles. The molecule has 0 bridgehead atoms. The fourth-order valence-corrected chi connectivity index (χ4v) is 6.14. The standard InChI is InChI=1S/C27H20N2O5S2/c1-2-32-26(31)22-23(17-7-4-3-5-8-17)28-27-29(24(22)20-9-6-12-35-20)25(30)21(36-27)14-16-10-11-18-19(13-16)34-15-33-18/h3-14,24H,2,15H2,1H3. The second kappa shape index (κ2) is 9.25. The SMILES string of the molecule is CCOC(=O)C1=C(c2ccccc2)N=c2sc(=Cc3ccc4c(c3)OCO4)c(=O)n2C1c1cccs1. The zero-order valence-corrected chi connectivity index (χ0v) is 20.8. The summed E-state index contributed by atoms with van der Waals surface area (Å²) in [7, 11) is 0. The third kappa shape index (κ3) is 3.86. The number of rotatable bonds is 5. The molecule has 4 aromatic rings. The number of hydrogen-bond acceptors (Lipinski definition) is 8. The number of nitrogens with zero attached hydrogens (tertiary/aromatic N) is 2. The van der Waals surface area contributed by atoms with Crippen LogP contribution in [0.1, 0.15) is 29.0 Å². The lowest BCUT2D eigenvalue weighted by molar-refractivity contribution is -0.138. The van der Waals surface area contributed by atoms with Crippen LogP contribution in [0.3, 0.4) is 0 Å². The lowest BCUT2D eigenvalue weighted by Crippen LogP contribution is -2.39. The zero-order chi connectivity index (χ0) is 24.6.